The Labute approximate surface area is 135 Å². The van der Waals surface area contributed by atoms with Gasteiger partial charge in [0.2, 0.25) is 0 Å². The smallest absolute Gasteiger partial charge is 0.142 e. The number of halogens is 3. The Balaban J connectivity index is 2.30. The van der Waals surface area contributed by atoms with Gasteiger partial charge in [-0.3, -0.25) is 0 Å². The molecule has 21 heavy (non-hydrogen) atoms. The van der Waals surface area contributed by atoms with Crippen molar-refractivity contribution >= 4 is 23.2 Å². The van der Waals surface area contributed by atoms with Crippen molar-refractivity contribution in [1.29, 1.82) is 0 Å². The molecule has 0 fully saturated rings. The third kappa shape index (κ3) is 4.19. The molecule has 0 bridgehead atoms. The number of rotatable bonds is 6. The first-order valence-corrected chi connectivity index (χ1v) is 7.79. The van der Waals surface area contributed by atoms with Crippen molar-refractivity contribution in [3.05, 3.63) is 69.5 Å². The quantitative estimate of drug-likeness (QED) is 0.748. The van der Waals surface area contributed by atoms with Gasteiger partial charge in [0.1, 0.15) is 5.82 Å². The second-order valence-corrected chi connectivity index (χ2v) is 5.73. The molecule has 0 amide bonds. The highest BCUT2D eigenvalue weighted by molar-refractivity contribution is 6.32. The minimum Gasteiger partial charge on any atom is -0.310 e. The van der Waals surface area contributed by atoms with E-state index in [1.54, 1.807) is 6.07 Å². The fourth-order valence-corrected chi connectivity index (χ4v) is 2.75. The molecule has 0 heterocycles. The highest BCUT2D eigenvalue weighted by Gasteiger charge is 2.18. The van der Waals surface area contributed by atoms with Crippen molar-refractivity contribution in [1.82, 2.24) is 5.32 Å². The summed E-state index contributed by atoms with van der Waals surface area (Å²) < 4.78 is 13.7. The van der Waals surface area contributed by atoms with Gasteiger partial charge in [0, 0.05) is 11.1 Å². The van der Waals surface area contributed by atoms with Crippen molar-refractivity contribution in [2.45, 2.75) is 25.8 Å². The molecule has 2 aromatic carbocycles. The van der Waals surface area contributed by atoms with E-state index in [1.807, 2.05) is 30.3 Å². The van der Waals surface area contributed by atoms with Gasteiger partial charge in [-0.2, -0.15) is 0 Å². The summed E-state index contributed by atoms with van der Waals surface area (Å²) in [6, 6.07) is 12.5. The van der Waals surface area contributed by atoms with Crippen LogP contribution < -0.4 is 5.32 Å². The van der Waals surface area contributed by atoms with Crippen LogP contribution in [0.4, 0.5) is 4.39 Å². The summed E-state index contributed by atoms with van der Waals surface area (Å²) in [5, 5.41) is 4.31. The number of hydrogen-bond acceptors (Lipinski definition) is 1. The fraction of sp³-hybridized carbons (Fsp3) is 0.294. The third-order valence-corrected chi connectivity index (χ3v) is 4.15. The van der Waals surface area contributed by atoms with Crippen LogP contribution in [0.1, 0.15) is 30.5 Å². The summed E-state index contributed by atoms with van der Waals surface area (Å²) >= 11 is 12.4. The molecule has 0 saturated heterocycles. The average Bonchev–Trinajstić information content (AvgIpc) is 2.48. The van der Waals surface area contributed by atoms with Crippen LogP contribution in [0.15, 0.2) is 42.5 Å². The van der Waals surface area contributed by atoms with Gasteiger partial charge in [-0.05, 0) is 42.6 Å². The molecule has 0 aliphatic heterocycles. The lowest BCUT2D eigenvalue weighted by atomic mass is 9.98. The molecule has 2 aromatic rings. The lowest BCUT2D eigenvalue weighted by Crippen LogP contribution is -2.24. The summed E-state index contributed by atoms with van der Waals surface area (Å²) in [6.07, 6.45) is 1.66. The molecule has 112 valence electrons. The molecular weight excluding hydrogens is 308 g/mol. The van der Waals surface area contributed by atoms with Gasteiger partial charge in [0.25, 0.3) is 0 Å². The molecule has 0 radical (unpaired) electrons. The summed E-state index contributed by atoms with van der Waals surface area (Å²) in [5.41, 5.74) is 1.79. The highest BCUT2D eigenvalue weighted by atomic mass is 35.5. The molecule has 1 nitrogen and oxygen atoms in total. The molecule has 4 heteroatoms. The maximum absolute atomic E-state index is 13.7. The maximum Gasteiger partial charge on any atom is 0.142 e. The average molecular weight is 326 g/mol. The SMILES string of the molecule is CCCNC(Cc1ccccc1Cl)c1cccc(F)c1Cl. The Hall–Kier alpha value is -1.09. The molecule has 0 saturated carbocycles. The normalized spacial score (nSPS) is 12.4. The molecular formula is C17H18Cl2FN. The second kappa shape index (κ2) is 7.79. The summed E-state index contributed by atoms with van der Waals surface area (Å²) in [4.78, 5) is 0. The van der Waals surface area contributed by atoms with Crippen molar-refractivity contribution in [3.8, 4) is 0 Å². The predicted octanol–water partition coefficient (Wildman–Crippen LogP) is 5.42. The summed E-state index contributed by atoms with van der Waals surface area (Å²) in [7, 11) is 0. The minimum absolute atomic E-state index is 0.0620. The topological polar surface area (TPSA) is 12.0 Å². The second-order valence-electron chi connectivity index (χ2n) is 4.95. The Morgan fingerprint density at radius 2 is 1.86 bits per heavy atom. The van der Waals surface area contributed by atoms with Gasteiger partial charge < -0.3 is 5.32 Å². The van der Waals surface area contributed by atoms with Crippen LogP contribution in [0.5, 0.6) is 0 Å². The van der Waals surface area contributed by atoms with Gasteiger partial charge in [-0.15, -0.1) is 0 Å². The zero-order valence-electron chi connectivity index (χ0n) is 11.9. The Bertz CT molecular complexity index is 601. The molecule has 1 atom stereocenters. The van der Waals surface area contributed by atoms with E-state index in [2.05, 4.69) is 12.2 Å². The first-order chi connectivity index (χ1) is 10.1. The molecule has 2 rings (SSSR count). The van der Waals surface area contributed by atoms with Gasteiger partial charge >= 0.3 is 0 Å². The first-order valence-electron chi connectivity index (χ1n) is 7.04. The van der Waals surface area contributed by atoms with Gasteiger partial charge in [-0.1, -0.05) is 60.5 Å². The van der Waals surface area contributed by atoms with Crippen molar-refractivity contribution in [2.24, 2.45) is 0 Å². The van der Waals surface area contributed by atoms with Crippen molar-refractivity contribution in [3.63, 3.8) is 0 Å². The minimum atomic E-state index is -0.392. The third-order valence-electron chi connectivity index (χ3n) is 3.38. The van der Waals surface area contributed by atoms with Crippen molar-refractivity contribution in [2.75, 3.05) is 6.54 Å². The zero-order chi connectivity index (χ0) is 15.2. The Kier molecular flexibility index (Phi) is 6.04. The largest absolute Gasteiger partial charge is 0.310 e. The van der Waals surface area contributed by atoms with E-state index >= 15 is 0 Å². The van der Waals surface area contributed by atoms with E-state index in [1.165, 1.54) is 6.07 Å². The number of hydrogen-bond donors (Lipinski definition) is 1. The molecule has 0 aliphatic carbocycles. The lowest BCUT2D eigenvalue weighted by molar-refractivity contribution is 0.524. The molecule has 0 aromatic heterocycles. The predicted molar refractivity (Wildman–Crippen MR) is 87.6 cm³/mol. The van der Waals surface area contributed by atoms with Crippen LogP contribution in [-0.4, -0.2) is 6.54 Å². The highest BCUT2D eigenvalue weighted by Crippen LogP contribution is 2.29. The summed E-state index contributed by atoms with van der Waals surface area (Å²) in [5.74, 6) is -0.392. The van der Waals surface area contributed by atoms with E-state index in [9.17, 15) is 4.39 Å². The number of benzene rings is 2. The van der Waals surface area contributed by atoms with Gasteiger partial charge in [0.15, 0.2) is 0 Å². The van der Waals surface area contributed by atoms with E-state index in [0.29, 0.717) is 11.4 Å². The first kappa shape index (κ1) is 16.3. The van der Waals surface area contributed by atoms with E-state index in [4.69, 9.17) is 23.2 Å². The van der Waals surface area contributed by atoms with Crippen LogP contribution in [0.2, 0.25) is 10.0 Å². The molecule has 0 spiro atoms. The zero-order valence-corrected chi connectivity index (χ0v) is 13.4. The van der Waals surface area contributed by atoms with Gasteiger partial charge in [-0.25, -0.2) is 4.39 Å². The van der Waals surface area contributed by atoms with Crippen LogP contribution in [-0.2, 0) is 6.42 Å². The molecule has 0 aliphatic rings. The van der Waals surface area contributed by atoms with Crippen LogP contribution in [0.3, 0.4) is 0 Å². The number of nitrogens with one attached hydrogen (secondary N) is 1. The molecule has 1 unspecified atom stereocenters. The van der Waals surface area contributed by atoms with Crippen LogP contribution >= 0.6 is 23.2 Å². The van der Waals surface area contributed by atoms with E-state index in [0.717, 1.165) is 24.1 Å². The van der Waals surface area contributed by atoms with Gasteiger partial charge in [0.05, 0.1) is 5.02 Å². The Morgan fingerprint density at radius 3 is 2.57 bits per heavy atom. The summed E-state index contributed by atoms with van der Waals surface area (Å²) in [6.45, 7) is 2.93. The van der Waals surface area contributed by atoms with E-state index < -0.39 is 5.82 Å². The fourth-order valence-electron chi connectivity index (χ4n) is 2.28. The maximum atomic E-state index is 13.7. The van der Waals surface area contributed by atoms with E-state index in [-0.39, 0.29) is 11.1 Å². The van der Waals surface area contributed by atoms with Crippen molar-refractivity contribution < 1.29 is 4.39 Å². The van der Waals surface area contributed by atoms with Crippen LogP contribution in [0.25, 0.3) is 0 Å². The van der Waals surface area contributed by atoms with Crippen LogP contribution in [0, 0.1) is 5.82 Å². The lowest BCUT2D eigenvalue weighted by Gasteiger charge is -2.21. The standard InChI is InChI=1S/C17H18Cl2FN/c1-2-10-21-16(11-12-6-3-4-8-14(12)18)13-7-5-9-15(20)17(13)19/h3-9,16,21H,2,10-11H2,1H3. The Morgan fingerprint density at radius 1 is 1.10 bits per heavy atom. The molecule has 1 N–H and O–H groups in total. The monoisotopic (exact) mass is 325 g/mol.